The number of hydrogen-bond acceptors (Lipinski definition) is 3. The van der Waals surface area contributed by atoms with Gasteiger partial charge in [-0.2, -0.15) is 5.10 Å². The Kier molecular flexibility index (Phi) is 5.77. The summed E-state index contributed by atoms with van der Waals surface area (Å²) in [6.07, 6.45) is 9.20. The average Bonchev–Trinajstić information content (AvgIpc) is 2.75. The standard InChI is InChI=1S/C16H27N3O/c1-3-14(4-2)19-11-9-13(18-19)12-16(20)15-8-6-5-7-10-17-15/h9,11,14-15,17H,3-8,10,12H2,1-2H3. The highest BCUT2D eigenvalue weighted by atomic mass is 16.1. The number of carbonyl (C=O) groups is 1. The molecule has 1 N–H and O–H groups in total. The number of rotatable bonds is 6. The predicted molar refractivity (Wildman–Crippen MR) is 80.8 cm³/mol. The summed E-state index contributed by atoms with van der Waals surface area (Å²) in [4.78, 5) is 12.3. The summed E-state index contributed by atoms with van der Waals surface area (Å²) in [7, 11) is 0. The van der Waals surface area contributed by atoms with E-state index >= 15 is 0 Å². The lowest BCUT2D eigenvalue weighted by molar-refractivity contribution is -0.120. The minimum absolute atomic E-state index is 0.0378. The van der Waals surface area contributed by atoms with Crippen molar-refractivity contribution in [3.8, 4) is 0 Å². The number of nitrogens with one attached hydrogen (secondary N) is 1. The molecule has 0 radical (unpaired) electrons. The van der Waals surface area contributed by atoms with E-state index in [0.717, 1.165) is 37.9 Å². The summed E-state index contributed by atoms with van der Waals surface area (Å²) in [5.41, 5.74) is 0.910. The molecule has 0 spiro atoms. The monoisotopic (exact) mass is 277 g/mol. The molecule has 0 bridgehead atoms. The number of hydrogen-bond donors (Lipinski definition) is 1. The smallest absolute Gasteiger partial charge is 0.155 e. The maximum atomic E-state index is 12.3. The Hall–Kier alpha value is -1.16. The maximum absolute atomic E-state index is 12.3. The van der Waals surface area contributed by atoms with Crippen LogP contribution in [-0.4, -0.2) is 28.2 Å². The van der Waals surface area contributed by atoms with Crippen LogP contribution >= 0.6 is 0 Å². The van der Waals surface area contributed by atoms with Crippen LogP contribution in [0.3, 0.4) is 0 Å². The van der Waals surface area contributed by atoms with Crippen LogP contribution in [-0.2, 0) is 11.2 Å². The normalized spacial score (nSPS) is 20.1. The Balaban J connectivity index is 1.93. The fourth-order valence-corrected chi connectivity index (χ4v) is 2.94. The van der Waals surface area contributed by atoms with Crippen LogP contribution in [0.25, 0.3) is 0 Å². The van der Waals surface area contributed by atoms with Crippen molar-refractivity contribution in [3.63, 3.8) is 0 Å². The van der Waals surface area contributed by atoms with Gasteiger partial charge < -0.3 is 5.32 Å². The Morgan fingerprint density at radius 2 is 2.20 bits per heavy atom. The predicted octanol–water partition coefficient (Wildman–Crippen LogP) is 2.89. The first-order chi connectivity index (χ1) is 9.74. The summed E-state index contributed by atoms with van der Waals surface area (Å²) in [6, 6.07) is 2.48. The van der Waals surface area contributed by atoms with Crippen molar-refractivity contribution >= 4 is 5.78 Å². The third-order valence-corrected chi connectivity index (χ3v) is 4.28. The van der Waals surface area contributed by atoms with Gasteiger partial charge in [0.05, 0.1) is 24.2 Å². The molecule has 0 aromatic carbocycles. The van der Waals surface area contributed by atoms with Crippen LogP contribution in [0, 0.1) is 0 Å². The van der Waals surface area contributed by atoms with Crippen LogP contribution in [0.15, 0.2) is 12.3 Å². The molecule has 2 rings (SSSR count). The van der Waals surface area contributed by atoms with E-state index < -0.39 is 0 Å². The summed E-state index contributed by atoms with van der Waals surface area (Å²) in [5.74, 6) is 0.293. The molecule has 1 aromatic heterocycles. The van der Waals surface area contributed by atoms with Crippen molar-refractivity contribution in [1.29, 1.82) is 0 Å². The molecule has 1 aliphatic rings. The van der Waals surface area contributed by atoms with Crippen LogP contribution in [0.2, 0.25) is 0 Å². The molecule has 0 saturated carbocycles. The molecule has 0 aliphatic carbocycles. The first-order valence-electron chi connectivity index (χ1n) is 8.04. The van der Waals surface area contributed by atoms with E-state index in [1.54, 1.807) is 0 Å². The second-order valence-corrected chi connectivity index (χ2v) is 5.76. The molecule has 1 atom stereocenters. The molecule has 1 unspecified atom stereocenters. The molecule has 0 amide bonds. The zero-order valence-electron chi connectivity index (χ0n) is 12.8. The highest BCUT2D eigenvalue weighted by Crippen LogP contribution is 2.16. The van der Waals surface area contributed by atoms with Gasteiger partial charge in [-0.1, -0.05) is 26.7 Å². The summed E-state index contributed by atoms with van der Waals surface area (Å²) in [6.45, 7) is 5.32. The van der Waals surface area contributed by atoms with E-state index in [-0.39, 0.29) is 6.04 Å². The average molecular weight is 277 g/mol. The van der Waals surface area contributed by atoms with Gasteiger partial charge in [0.25, 0.3) is 0 Å². The van der Waals surface area contributed by atoms with Crippen molar-refractivity contribution in [3.05, 3.63) is 18.0 Å². The van der Waals surface area contributed by atoms with Crippen LogP contribution in [0.5, 0.6) is 0 Å². The maximum Gasteiger partial charge on any atom is 0.155 e. The van der Waals surface area contributed by atoms with Gasteiger partial charge >= 0.3 is 0 Å². The SMILES string of the molecule is CCC(CC)n1ccc(CC(=O)C2CCCCCN2)n1. The van der Waals surface area contributed by atoms with Gasteiger partial charge in [0.15, 0.2) is 5.78 Å². The van der Waals surface area contributed by atoms with Gasteiger partial charge in [-0.25, -0.2) is 0 Å². The van der Waals surface area contributed by atoms with Crippen molar-refractivity contribution < 1.29 is 4.79 Å². The van der Waals surface area contributed by atoms with E-state index in [1.165, 1.54) is 12.8 Å². The third-order valence-electron chi connectivity index (χ3n) is 4.28. The zero-order valence-corrected chi connectivity index (χ0v) is 12.8. The van der Waals surface area contributed by atoms with Crippen LogP contribution in [0.4, 0.5) is 0 Å². The van der Waals surface area contributed by atoms with Crippen LogP contribution < -0.4 is 5.32 Å². The quantitative estimate of drug-likeness (QED) is 0.869. The lowest BCUT2D eigenvalue weighted by Crippen LogP contribution is -2.37. The van der Waals surface area contributed by atoms with E-state index in [1.807, 2.05) is 16.9 Å². The largest absolute Gasteiger partial charge is 0.307 e. The molecule has 1 aliphatic heterocycles. The molecule has 20 heavy (non-hydrogen) atoms. The molecule has 4 heteroatoms. The Labute approximate surface area is 121 Å². The van der Waals surface area contributed by atoms with E-state index in [2.05, 4.69) is 24.3 Å². The lowest BCUT2D eigenvalue weighted by atomic mass is 10.0. The summed E-state index contributed by atoms with van der Waals surface area (Å²) >= 11 is 0. The highest BCUT2D eigenvalue weighted by Gasteiger charge is 2.20. The topological polar surface area (TPSA) is 46.9 Å². The third kappa shape index (κ3) is 3.92. The molecule has 1 fully saturated rings. The highest BCUT2D eigenvalue weighted by molar-refractivity contribution is 5.85. The van der Waals surface area contributed by atoms with Crippen molar-refractivity contribution in [2.75, 3.05) is 6.54 Å². The molecule has 1 saturated heterocycles. The van der Waals surface area contributed by atoms with Crippen molar-refractivity contribution in [1.82, 2.24) is 15.1 Å². The molecule has 4 nitrogen and oxygen atoms in total. The minimum Gasteiger partial charge on any atom is -0.307 e. The number of carbonyl (C=O) groups excluding carboxylic acids is 1. The van der Waals surface area contributed by atoms with Crippen molar-refractivity contribution in [2.24, 2.45) is 0 Å². The van der Waals surface area contributed by atoms with Crippen molar-refractivity contribution in [2.45, 2.75) is 70.9 Å². The molecule has 1 aromatic rings. The number of ketones is 1. The summed E-state index contributed by atoms with van der Waals surface area (Å²) < 4.78 is 2.02. The zero-order chi connectivity index (χ0) is 14.4. The Morgan fingerprint density at radius 1 is 1.40 bits per heavy atom. The van der Waals surface area contributed by atoms with Gasteiger partial charge in [0, 0.05) is 6.20 Å². The van der Waals surface area contributed by atoms with Gasteiger partial charge in [0.2, 0.25) is 0 Å². The van der Waals surface area contributed by atoms with Crippen LogP contribution in [0.1, 0.15) is 64.1 Å². The van der Waals surface area contributed by atoms with Gasteiger partial charge in [-0.05, 0) is 38.3 Å². The molecular weight excluding hydrogens is 250 g/mol. The van der Waals surface area contributed by atoms with Gasteiger partial charge in [-0.15, -0.1) is 0 Å². The fraction of sp³-hybridized carbons (Fsp3) is 0.750. The first-order valence-corrected chi connectivity index (χ1v) is 8.04. The minimum atomic E-state index is 0.0378. The number of Topliss-reactive ketones (excluding diaryl/α,β-unsaturated/α-hetero) is 1. The molecular formula is C16H27N3O. The second-order valence-electron chi connectivity index (χ2n) is 5.76. The second kappa shape index (κ2) is 7.58. The molecule has 112 valence electrons. The summed E-state index contributed by atoms with van der Waals surface area (Å²) in [5, 5.41) is 7.95. The van der Waals surface area contributed by atoms with Gasteiger partial charge in [-0.3, -0.25) is 9.48 Å². The van der Waals surface area contributed by atoms with E-state index in [4.69, 9.17) is 0 Å². The number of aromatic nitrogens is 2. The lowest BCUT2D eigenvalue weighted by Gasteiger charge is -2.14. The Morgan fingerprint density at radius 3 is 2.95 bits per heavy atom. The number of nitrogens with zero attached hydrogens (tertiary/aromatic N) is 2. The first kappa shape index (κ1) is 15.2. The Bertz CT molecular complexity index is 415. The molecule has 2 heterocycles. The fourth-order valence-electron chi connectivity index (χ4n) is 2.94. The van der Waals surface area contributed by atoms with E-state index in [0.29, 0.717) is 18.2 Å². The van der Waals surface area contributed by atoms with Gasteiger partial charge in [0.1, 0.15) is 0 Å². The van der Waals surface area contributed by atoms with E-state index in [9.17, 15) is 4.79 Å².